The van der Waals surface area contributed by atoms with E-state index in [0.29, 0.717) is 34.8 Å². The molecule has 0 unspecified atom stereocenters. The van der Waals surface area contributed by atoms with Crippen LogP contribution in [0.5, 0.6) is 11.5 Å². The Morgan fingerprint density at radius 3 is 2.38 bits per heavy atom. The van der Waals surface area contributed by atoms with E-state index in [-0.39, 0.29) is 0 Å². The van der Waals surface area contributed by atoms with Gasteiger partial charge in [0.1, 0.15) is 6.61 Å². The third-order valence-electron chi connectivity index (χ3n) is 4.26. The molecular formula is C23H22BrCl2NO2. The third kappa shape index (κ3) is 6.38. The molecule has 29 heavy (non-hydrogen) atoms. The Morgan fingerprint density at radius 2 is 1.66 bits per heavy atom. The fourth-order valence-corrected chi connectivity index (χ4v) is 3.93. The van der Waals surface area contributed by atoms with Crippen molar-refractivity contribution in [2.75, 3.05) is 6.61 Å². The lowest BCUT2D eigenvalue weighted by Gasteiger charge is -2.16. The quantitative estimate of drug-likeness (QED) is 0.346. The van der Waals surface area contributed by atoms with E-state index < -0.39 is 0 Å². The van der Waals surface area contributed by atoms with Crippen LogP contribution < -0.4 is 14.8 Å². The van der Waals surface area contributed by atoms with Crippen molar-refractivity contribution in [2.45, 2.75) is 26.6 Å². The highest BCUT2D eigenvalue weighted by Crippen LogP contribution is 2.38. The minimum Gasteiger partial charge on any atom is -0.490 e. The van der Waals surface area contributed by atoms with Crippen LogP contribution in [0.25, 0.3) is 0 Å². The number of ether oxygens (including phenoxy) is 2. The maximum atomic E-state index is 6.25. The van der Waals surface area contributed by atoms with Gasteiger partial charge >= 0.3 is 0 Å². The van der Waals surface area contributed by atoms with E-state index in [9.17, 15) is 0 Å². The van der Waals surface area contributed by atoms with Crippen LogP contribution in [-0.4, -0.2) is 6.61 Å². The fourth-order valence-electron chi connectivity index (χ4n) is 2.86. The minimum absolute atomic E-state index is 0.320. The summed E-state index contributed by atoms with van der Waals surface area (Å²) in [6, 6.07) is 19.7. The summed E-state index contributed by atoms with van der Waals surface area (Å²) in [5.74, 6) is 1.35. The van der Waals surface area contributed by atoms with Crippen molar-refractivity contribution in [1.82, 2.24) is 5.32 Å². The molecule has 0 heterocycles. The van der Waals surface area contributed by atoms with Crippen LogP contribution in [0.15, 0.2) is 65.1 Å². The Balaban J connectivity index is 1.70. The molecule has 0 aromatic heterocycles. The van der Waals surface area contributed by atoms with E-state index in [4.69, 9.17) is 32.7 Å². The molecule has 0 aliphatic heterocycles. The van der Waals surface area contributed by atoms with Gasteiger partial charge in [-0.05, 0) is 58.2 Å². The Labute approximate surface area is 190 Å². The van der Waals surface area contributed by atoms with Gasteiger partial charge in [-0.2, -0.15) is 0 Å². The van der Waals surface area contributed by atoms with Crippen LogP contribution in [-0.2, 0) is 19.7 Å². The van der Waals surface area contributed by atoms with Crippen molar-refractivity contribution >= 4 is 39.1 Å². The van der Waals surface area contributed by atoms with E-state index in [2.05, 4.69) is 33.4 Å². The third-order valence-corrected chi connectivity index (χ3v) is 5.43. The van der Waals surface area contributed by atoms with Crippen LogP contribution >= 0.6 is 39.1 Å². The van der Waals surface area contributed by atoms with E-state index in [1.165, 1.54) is 5.56 Å². The first-order chi connectivity index (χ1) is 14.1. The highest BCUT2D eigenvalue weighted by Gasteiger charge is 2.13. The first kappa shape index (κ1) is 22.0. The fraction of sp³-hybridized carbons (Fsp3) is 0.217. The number of hydrogen-bond donors (Lipinski definition) is 1. The molecule has 6 heteroatoms. The van der Waals surface area contributed by atoms with Crippen LogP contribution in [0.2, 0.25) is 10.0 Å². The highest BCUT2D eigenvalue weighted by molar-refractivity contribution is 9.10. The van der Waals surface area contributed by atoms with Crippen LogP contribution in [0.4, 0.5) is 0 Å². The van der Waals surface area contributed by atoms with Crippen molar-refractivity contribution in [3.63, 3.8) is 0 Å². The number of hydrogen-bond acceptors (Lipinski definition) is 3. The van der Waals surface area contributed by atoms with Crippen LogP contribution in [0.1, 0.15) is 23.6 Å². The maximum absolute atomic E-state index is 6.25. The molecule has 3 nitrogen and oxygen atoms in total. The summed E-state index contributed by atoms with van der Waals surface area (Å²) in [6.45, 7) is 4.34. The van der Waals surface area contributed by atoms with E-state index in [1.807, 2.05) is 43.3 Å². The zero-order valence-corrected chi connectivity index (χ0v) is 19.2. The molecular weight excluding hydrogens is 473 g/mol. The zero-order valence-electron chi connectivity index (χ0n) is 16.1. The molecule has 3 aromatic rings. The molecule has 0 saturated heterocycles. The van der Waals surface area contributed by atoms with E-state index >= 15 is 0 Å². The summed E-state index contributed by atoms with van der Waals surface area (Å²) >= 11 is 15.8. The van der Waals surface area contributed by atoms with Crippen molar-refractivity contribution in [3.05, 3.63) is 91.9 Å². The number of rotatable bonds is 9. The Kier molecular flexibility index (Phi) is 8.25. The van der Waals surface area contributed by atoms with Crippen molar-refractivity contribution in [2.24, 2.45) is 0 Å². The number of halogens is 3. The average Bonchev–Trinajstić information content (AvgIpc) is 2.70. The average molecular weight is 495 g/mol. The molecule has 0 saturated carbocycles. The molecule has 0 aliphatic carbocycles. The van der Waals surface area contributed by atoms with Crippen LogP contribution in [0.3, 0.4) is 0 Å². The molecule has 3 aromatic carbocycles. The monoisotopic (exact) mass is 493 g/mol. The molecule has 0 amide bonds. The Hall–Kier alpha value is -1.72. The van der Waals surface area contributed by atoms with Crippen LogP contribution in [0, 0.1) is 0 Å². The topological polar surface area (TPSA) is 30.5 Å². The molecule has 0 atom stereocenters. The Morgan fingerprint density at radius 1 is 0.897 bits per heavy atom. The molecule has 0 radical (unpaired) electrons. The largest absolute Gasteiger partial charge is 0.490 e. The van der Waals surface area contributed by atoms with E-state index in [0.717, 1.165) is 28.7 Å². The highest BCUT2D eigenvalue weighted by atomic mass is 79.9. The molecule has 0 bridgehead atoms. The van der Waals surface area contributed by atoms with Gasteiger partial charge in [0, 0.05) is 28.7 Å². The lowest BCUT2D eigenvalue weighted by molar-refractivity contribution is 0.267. The minimum atomic E-state index is 0.320. The molecule has 0 spiro atoms. The molecule has 0 aliphatic rings. The predicted molar refractivity (Wildman–Crippen MR) is 123 cm³/mol. The molecule has 1 N–H and O–H groups in total. The Bertz CT molecular complexity index is 951. The molecule has 152 valence electrons. The second-order valence-electron chi connectivity index (χ2n) is 6.45. The summed E-state index contributed by atoms with van der Waals surface area (Å²) in [4.78, 5) is 0. The number of nitrogens with one attached hydrogen (secondary N) is 1. The summed E-state index contributed by atoms with van der Waals surface area (Å²) < 4.78 is 12.7. The van der Waals surface area contributed by atoms with Gasteiger partial charge in [-0.1, -0.05) is 59.6 Å². The zero-order chi connectivity index (χ0) is 20.6. The van der Waals surface area contributed by atoms with Gasteiger partial charge in [-0.25, -0.2) is 0 Å². The summed E-state index contributed by atoms with van der Waals surface area (Å²) in [5, 5.41) is 4.63. The summed E-state index contributed by atoms with van der Waals surface area (Å²) in [7, 11) is 0. The van der Waals surface area contributed by atoms with Gasteiger partial charge in [0.2, 0.25) is 0 Å². The molecule has 0 fully saturated rings. The van der Waals surface area contributed by atoms with Gasteiger partial charge in [0.05, 0.1) is 11.1 Å². The molecule has 3 rings (SSSR count). The van der Waals surface area contributed by atoms with Crippen molar-refractivity contribution in [1.29, 1.82) is 0 Å². The predicted octanol–water partition coefficient (Wildman–Crippen LogP) is 7.02. The summed E-state index contributed by atoms with van der Waals surface area (Å²) in [5.41, 5.74) is 3.21. The van der Waals surface area contributed by atoms with Crippen molar-refractivity contribution in [3.8, 4) is 11.5 Å². The number of benzene rings is 3. The van der Waals surface area contributed by atoms with Gasteiger partial charge in [0.25, 0.3) is 0 Å². The lowest BCUT2D eigenvalue weighted by Crippen LogP contribution is -2.13. The standard InChI is InChI=1S/C23H22BrCl2NO2/c1-2-28-22-11-17(14-27-13-16-6-4-3-5-7-16)10-20(24)23(22)29-15-18-8-9-19(25)12-21(18)26/h3-12,27H,2,13-15H2,1H3. The maximum Gasteiger partial charge on any atom is 0.175 e. The van der Waals surface area contributed by atoms with Gasteiger partial charge in [-0.3, -0.25) is 0 Å². The normalized spacial score (nSPS) is 10.8. The first-order valence-corrected chi connectivity index (χ1v) is 10.9. The van der Waals surface area contributed by atoms with Gasteiger partial charge < -0.3 is 14.8 Å². The lowest BCUT2D eigenvalue weighted by atomic mass is 10.1. The second-order valence-corrected chi connectivity index (χ2v) is 8.15. The van der Waals surface area contributed by atoms with Gasteiger partial charge in [0.15, 0.2) is 11.5 Å². The smallest absolute Gasteiger partial charge is 0.175 e. The first-order valence-electron chi connectivity index (χ1n) is 9.33. The van der Waals surface area contributed by atoms with E-state index in [1.54, 1.807) is 12.1 Å². The second kappa shape index (κ2) is 10.9. The van der Waals surface area contributed by atoms with Crippen molar-refractivity contribution < 1.29 is 9.47 Å². The van der Waals surface area contributed by atoms with Gasteiger partial charge in [-0.15, -0.1) is 0 Å². The summed E-state index contributed by atoms with van der Waals surface area (Å²) in [6.07, 6.45) is 0. The SMILES string of the molecule is CCOc1cc(CNCc2ccccc2)cc(Br)c1OCc1ccc(Cl)cc1Cl.